The van der Waals surface area contributed by atoms with Crippen molar-refractivity contribution in [2.45, 2.75) is 44.2 Å². The number of carboxylic acids is 1. The molecule has 7 nitrogen and oxygen atoms in total. The van der Waals surface area contributed by atoms with Crippen LogP contribution in [-0.4, -0.2) is 52.8 Å². The van der Waals surface area contributed by atoms with E-state index in [1.807, 2.05) is 42.5 Å². The van der Waals surface area contributed by atoms with Gasteiger partial charge in [-0.25, -0.2) is 0 Å². The van der Waals surface area contributed by atoms with Crippen LogP contribution >= 0.6 is 0 Å². The third-order valence-corrected chi connectivity index (χ3v) is 6.08. The van der Waals surface area contributed by atoms with Gasteiger partial charge in [0.25, 0.3) is 0 Å². The largest absolute Gasteiger partial charge is 0.481 e. The van der Waals surface area contributed by atoms with E-state index in [1.54, 1.807) is 17.0 Å². The van der Waals surface area contributed by atoms with Crippen LogP contribution in [0.15, 0.2) is 54.6 Å². The number of nitrogens with zero attached hydrogens (tertiary/aromatic N) is 1. The standard InChI is InChI=1S/C25H31N3O4/c26-13-12-18-8-10-19(11-9-18)24(31)23(27)21-15-20(16-22(29)30)25(32)28(21)14-4-7-17-5-2-1-3-6-17/h1-3,5-6,8-11,20-21,23H,4,7,12-16,26-27H2,(H,29,30)/t20-,21-,23?/m0/s1. The quantitative estimate of drug-likeness (QED) is 0.462. The van der Waals surface area contributed by atoms with Gasteiger partial charge in [0.1, 0.15) is 0 Å². The van der Waals surface area contributed by atoms with Crippen LogP contribution in [-0.2, 0) is 22.4 Å². The normalized spacial score (nSPS) is 19.2. The highest BCUT2D eigenvalue weighted by Gasteiger charge is 2.44. The summed E-state index contributed by atoms with van der Waals surface area (Å²) in [7, 11) is 0. The molecule has 0 radical (unpaired) electrons. The summed E-state index contributed by atoms with van der Waals surface area (Å²) in [6.45, 7) is 0.963. The lowest BCUT2D eigenvalue weighted by Gasteiger charge is -2.29. The number of carbonyl (C=O) groups is 3. The number of aliphatic carboxylic acids is 1. The minimum atomic E-state index is -1.02. The fourth-order valence-electron chi connectivity index (χ4n) is 4.38. The Balaban J connectivity index is 1.72. The number of amides is 1. The van der Waals surface area contributed by atoms with Gasteiger partial charge in [0.2, 0.25) is 5.91 Å². The Morgan fingerprint density at radius 1 is 1.03 bits per heavy atom. The molecule has 0 bridgehead atoms. The first kappa shape index (κ1) is 23.6. The summed E-state index contributed by atoms with van der Waals surface area (Å²) in [5.41, 5.74) is 14.6. The molecule has 2 aromatic rings. The first-order valence-corrected chi connectivity index (χ1v) is 11.1. The SMILES string of the molecule is NCCc1ccc(C(=O)C(N)[C@@H]2C[C@@H](CC(=O)O)C(=O)N2CCCc2ccccc2)cc1. The van der Waals surface area contributed by atoms with Crippen molar-refractivity contribution in [1.82, 2.24) is 4.90 Å². The smallest absolute Gasteiger partial charge is 0.304 e. The molecule has 1 saturated heterocycles. The first-order chi connectivity index (χ1) is 15.4. The van der Waals surface area contributed by atoms with Crippen molar-refractivity contribution in [3.05, 3.63) is 71.3 Å². The van der Waals surface area contributed by atoms with Crippen LogP contribution in [0.25, 0.3) is 0 Å². The summed E-state index contributed by atoms with van der Waals surface area (Å²) in [5.74, 6) is -2.15. The van der Waals surface area contributed by atoms with E-state index in [0.29, 0.717) is 25.1 Å². The topological polar surface area (TPSA) is 127 Å². The van der Waals surface area contributed by atoms with Crippen molar-refractivity contribution in [2.75, 3.05) is 13.1 Å². The van der Waals surface area contributed by atoms with E-state index >= 15 is 0 Å². The van der Waals surface area contributed by atoms with Gasteiger partial charge >= 0.3 is 5.97 Å². The third kappa shape index (κ3) is 5.81. The van der Waals surface area contributed by atoms with Gasteiger partial charge in [0, 0.05) is 12.1 Å². The van der Waals surface area contributed by atoms with Crippen molar-refractivity contribution in [1.29, 1.82) is 0 Å². The Hall–Kier alpha value is -3.03. The number of carbonyl (C=O) groups excluding carboxylic acids is 2. The number of ketones is 1. The van der Waals surface area contributed by atoms with Crippen molar-refractivity contribution < 1.29 is 19.5 Å². The van der Waals surface area contributed by atoms with Crippen LogP contribution < -0.4 is 11.5 Å². The van der Waals surface area contributed by atoms with Crippen molar-refractivity contribution >= 4 is 17.7 Å². The van der Waals surface area contributed by atoms with Crippen LogP contribution in [0.2, 0.25) is 0 Å². The minimum absolute atomic E-state index is 0.230. The highest BCUT2D eigenvalue weighted by molar-refractivity contribution is 6.01. The molecule has 170 valence electrons. The minimum Gasteiger partial charge on any atom is -0.481 e. The predicted molar refractivity (Wildman–Crippen MR) is 122 cm³/mol. The Kier molecular flexibility index (Phi) is 8.14. The van der Waals surface area contributed by atoms with Crippen molar-refractivity contribution in [3.63, 3.8) is 0 Å². The van der Waals surface area contributed by atoms with Crippen LogP contribution in [0.3, 0.4) is 0 Å². The molecule has 0 aromatic heterocycles. The van der Waals surface area contributed by atoms with Gasteiger partial charge in [-0.2, -0.15) is 0 Å². The number of carboxylic acid groups (broad SMARTS) is 1. The summed E-state index contributed by atoms with van der Waals surface area (Å²) < 4.78 is 0. The number of benzene rings is 2. The fraction of sp³-hybridized carbons (Fsp3) is 0.400. The molecule has 0 spiro atoms. The molecule has 1 aliphatic heterocycles. The maximum atomic E-state index is 13.1. The molecule has 0 aliphatic carbocycles. The Labute approximate surface area is 188 Å². The zero-order valence-electron chi connectivity index (χ0n) is 18.2. The molecule has 3 rings (SSSR count). The molecule has 2 aromatic carbocycles. The number of Topliss-reactive ketones (excluding diaryl/α,β-unsaturated/α-hetero) is 1. The van der Waals surface area contributed by atoms with Crippen LogP contribution in [0.4, 0.5) is 0 Å². The molecule has 1 heterocycles. The summed E-state index contributed by atoms with van der Waals surface area (Å²) in [4.78, 5) is 38.9. The number of aryl methyl sites for hydroxylation is 1. The lowest BCUT2D eigenvalue weighted by atomic mass is 9.93. The van der Waals surface area contributed by atoms with Gasteiger partial charge in [0.15, 0.2) is 5.78 Å². The van der Waals surface area contributed by atoms with E-state index in [4.69, 9.17) is 11.5 Å². The molecule has 1 fully saturated rings. The number of nitrogens with two attached hydrogens (primary N) is 2. The van der Waals surface area contributed by atoms with Gasteiger partial charge in [-0.05, 0) is 43.4 Å². The fourth-order valence-corrected chi connectivity index (χ4v) is 4.38. The van der Waals surface area contributed by atoms with E-state index in [9.17, 15) is 19.5 Å². The first-order valence-electron chi connectivity index (χ1n) is 11.1. The second-order valence-electron chi connectivity index (χ2n) is 8.34. The van der Waals surface area contributed by atoms with Gasteiger partial charge < -0.3 is 21.5 Å². The zero-order chi connectivity index (χ0) is 23.1. The van der Waals surface area contributed by atoms with E-state index < -0.39 is 24.0 Å². The third-order valence-electron chi connectivity index (χ3n) is 6.08. The second-order valence-corrected chi connectivity index (χ2v) is 8.34. The summed E-state index contributed by atoms with van der Waals surface area (Å²) >= 11 is 0. The van der Waals surface area contributed by atoms with Crippen LogP contribution in [0.5, 0.6) is 0 Å². The van der Waals surface area contributed by atoms with E-state index in [2.05, 4.69) is 0 Å². The number of likely N-dealkylation sites (tertiary alicyclic amines) is 1. The molecule has 5 N–H and O–H groups in total. The Morgan fingerprint density at radius 3 is 2.31 bits per heavy atom. The maximum absolute atomic E-state index is 13.1. The molecule has 7 heteroatoms. The van der Waals surface area contributed by atoms with Gasteiger partial charge in [-0.1, -0.05) is 54.6 Å². The van der Waals surface area contributed by atoms with E-state index in [-0.39, 0.29) is 24.5 Å². The summed E-state index contributed by atoms with van der Waals surface area (Å²) in [6, 6.07) is 15.7. The molecule has 0 saturated carbocycles. The summed E-state index contributed by atoms with van der Waals surface area (Å²) in [6.07, 6.45) is 2.24. The summed E-state index contributed by atoms with van der Waals surface area (Å²) in [5, 5.41) is 9.21. The van der Waals surface area contributed by atoms with Gasteiger partial charge in [0.05, 0.1) is 24.4 Å². The van der Waals surface area contributed by atoms with Crippen molar-refractivity contribution in [2.24, 2.45) is 17.4 Å². The molecule has 1 amide bonds. The molecule has 1 unspecified atom stereocenters. The highest BCUT2D eigenvalue weighted by atomic mass is 16.4. The van der Waals surface area contributed by atoms with Crippen LogP contribution in [0.1, 0.15) is 40.7 Å². The van der Waals surface area contributed by atoms with Crippen LogP contribution in [0, 0.1) is 5.92 Å². The van der Waals surface area contributed by atoms with Gasteiger partial charge in [-0.15, -0.1) is 0 Å². The van der Waals surface area contributed by atoms with Gasteiger partial charge in [-0.3, -0.25) is 14.4 Å². The highest BCUT2D eigenvalue weighted by Crippen LogP contribution is 2.30. The van der Waals surface area contributed by atoms with E-state index in [0.717, 1.165) is 24.0 Å². The Bertz CT molecular complexity index is 930. The Morgan fingerprint density at radius 2 is 1.69 bits per heavy atom. The number of hydrogen-bond donors (Lipinski definition) is 3. The van der Waals surface area contributed by atoms with Crippen molar-refractivity contribution in [3.8, 4) is 0 Å². The molecule has 1 aliphatic rings. The zero-order valence-corrected chi connectivity index (χ0v) is 18.2. The number of hydrogen-bond acceptors (Lipinski definition) is 5. The maximum Gasteiger partial charge on any atom is 0.304 e. The average molecular weight is 438 g/mol. The monoisotopic (exact) mass is 437 g/mol. The molecular weight excluding hydrogens is 406 g/mol. The second kappa shape index (κ2) is 11.0. The lowest BCUT2D eigenvalue weighted by molar-refractivity contribution is -0.142. The lowest BCUT2D eigenvalue weighted by Crippen LogP contribution is -2.50. The predicted octanol–water partition coefficient (Wildman–Crippen LogP) is 2.02. The van der Waals surface area contributed by atoms with E-state index in [1.165, 1.54) is 0 Å². The molecule has 3 atom stereocenters. The molecule has 32 heavy (non-hydrogen) atoms. The molecular formula is C25H31N3O4. The number of rotatable bonds is 11. The average Bonchev–Trinajstić information content (AvgIpc) is 3.09.